The Morgan fingerprint density at radius 2 is 0.656 bits per heavy atom. The molecule has 653 valence electrons. The molecule has 3 N–H and O–H groups in total. The summed E-state index contributed by atoms with van der Waals surface area (Å²) < 4.78 is 13.3. The maximum Gasteiger partial charge on any atom is 0.159 e. The molecule has 3 heterocycles. The molecule has 9 nitrogen and oxygen atoms in total. The fourth-order valence-electron chi connectivity index (χ4n) is 13.8. The van der Waals surface area contributed by atoms with E-state index < -0.39 is 0 Å². The molecule has 0 fully saturated rings. The van der Waals surface area contributed by atoms with Crippen molar-refractivity contribution in [2.24, 2.45) is 35.5 Å². The molecule has 0 aliphatic heterocycles. The number of hydrogen-bond donors (Lipinski definition) is 3. The second-order valence-electron chi connectivity index (χ2n) is 34.3. The van der Waals surface area contributed by atoms with Gasteiger partial charge in [0, 0.05) is 128 Å². The predicted octanol–water partition coefficient (Wildman–Crippen LogP) is 30.1. The van der Waals surface area contributed by atoms with E-state index in [9.17, 15) is 34.1 Å². The quantitative estimate of drug-likeness (QED) is 0.0323. The third-order valence-electron chi connectivity index (χ3n) is 19.5. The van der Waals surface area contributed by atoms with Gasteiger partial charge in [-0.1, -0.05) is 298 Å². The molecule has 13 heteroatoms. The van der Waals surface area contributed by atoms with Crippen molar-refractivity contribution < 1.29 is 94.4 Å². The molecular formula is C112H117FIr3N3O6-3. The monoisotopic (exact) mass is 2200 g/mol. The Hall–Kier alpha value is -10.8. The van der Waals surface area contributed by atoms with E-state index in [-0.39, 0.29) is 106 Å². The van der Waals surface area contributed by atoms with Gasteiger partial charge in [-0.25, -0.2) is 4.39 Å². The number of ketones is 3. The van der Waals surface area contributed by atoms with Gasteiger partial charge in [0.15, 0.2) is 17.3 Å². The summed E-state index contributed by atoms with van der Waals surface area (Å²) in [5.74, 6) is 2.70. The maximum absolute atomic E-state index is 13.3. The number of hydrogen-bond acceptors (Lipinski definition) is 9. The minimum absolute atomic E-state index is 0. The van der Waals surface area contributed by atoms with Gasteiger partial charge in [0.25, 0.3) is 0 Å². The van der Waals surface area contributed by atoms with Crippen LogP contribution >= 0.6 is 0 Å². The molecule has 3 aromatic heterocycles. The Labute approximate surface area is 782 Å². The first-order chi connectivity index (χ1) is 58.4. The first-order valence-electron chi connectivity index (χ1n) is 42.4. The van der Waals surface area contributed by atoms with Crippen molar-refractivity contribution in [3.8, 4) is 89.4 Å². The number of allylic oxidation sites excluding steroid dienone is 6. The van der Waals surface area contributed by atoms with Gasteiger partial charge in [0.1, 0.15) is 5.82 Å². The van der Waals surface area contributed by atoms with Crippen LogP contribution in [0, 0.1) is 59.5 Å². The van der Waals surface area contributed by atoms with E-state index in [1.807, 2.05) is 174 Å². The fraction of sp³-hybridized carbons (Fsp3) is 0.250. The van der Waals surface area contributed by atoms with Crippen LogP contribution in [0.2, 0.25) is 0 Å². The normalized spacial score (nSPS) is 11.3. The molecule has 0 saturated heterocycles. The van der Waals surface area contributed by atoms with Crippen LogP contribution < -0.4 is 0 Å². The predicted molar refractivity (Wildman–Crippen MR) is 508 cm³/mol. The van der Waals surface area contributed by atoms with E-state index in [0.717, 1.165) is 77.8 Å². The third kappa shape index (κ3) is 33.9. The standard InChI is InChI=1S/C31H26N.C27H17FN.C21H14N.3C11H20O2.3Ir/c1-31(2,3)26-17-15-23(16-18-26)27-13-8-14-30-28(27)19-20-29(32-30)25-12-7-11-24(21-25)22-9-5-4-6-10-22;28-23-14-12-20(13-15-23)24-10-5-11-27-25(24)16-17-26(29-27)22-9-4-8-21(18-22)19-6-2-1-3-7-19;1-3-7-16(8-4-1)18-11-13-21-19(15-18)12-14-20(22-21)17-9-5-2-6-10-17;3*1-8(2)5-10(12)7-11(13)6-9(3)4;;;/h4-11,13-21H,1-3H3;1-8,10-18H;1-9,11-15H;3*7-9,12H,5-6H2,1-4H3;;;/q3*-1;;;;;;. The zero-order valence-corrected chi connectivity index (χ0v) is 81.6. The van der Waals surface area contributed by atoms with Crippen molar-refractivity contribution in [3.05, 3.63) is 356 Å². The molecule has 0 saturated carbocycles. The summed E-state index contributed by atoms with van der Waals surface area (Å²) in [5, 5.41) is 31.4. The summed E-state index contributed by atoms with van der Waals surface area (Å²) in [6, 6.07) is 108. The van der Waals surface area contributed by atoms with Crippen molar-refractivity contribution in [1.29, 1.82) is 0 Å². The van der Waals surface area contributed by atoms with Crippen molar-refractivity contribution in [3.63, 3.8) is 0 Å². The first-order valence-corrected chi connectivity index (χ1v) is 42.4. The van der Waals surface area contributed by atoms with Gasteiger partial charge >= 0.3 is 0 Å². The van der Waals surface area contributed by atoms with E-state index in [1.54, 1.807) is 12.1 Å². The number of aliphatic hydroxyl groups is 3. The second kappa shape index (κ2) is 51.6. The summed E-state index contributed by atoms with van der Waals surface area (Å²) in [4.78, 5) is 48.2. The van der Waals surface area contributed by atoms with Crippen LogP contribution in [0.1, 0.15) is 148 Å². The number of benzene rings is 11. The molecule has 3 radical (unpaired) electrons. The van der Waals surface area contributed by atoms with Crippen LogP contribution in [-0.2, 0) is 80.1 Å². The molecular weight excluding hydrogens is 2080 g/mol. The number of aliphatic hydroxyl groups excluding tert-OH is 3. The minimum Gasteiger partial charge on any atom is -0.512 e. The number of halogens is 1. The van der Waals surface area contributed by atoms with Crippen LogP contribution in [0.25, 0.3) is 122 Å². The number of aromatic nitrogens is 3. The van der Waals surface area contributed by atoms with Crippen LogP contribution in [0.5, 0.6) is 0 Å². The number of carbonyl (C=O) groups excluding carboxylic acids is 3. The fourth-order valence-corrected chi connectivity index (χ4v) is 13.8. The SMILES string of the molecule is CC(C)(C)c1ccc(-c2cccc3nc(-c4[c-]ccc(-c5ccccc5)c4)ccc23)cc1.CC(C)CC(=O)C=C(O)CC(C)C.CC(C)CC(=O)C=C(O)CC(C)C.CC(C)CC(=O)C=C(O)CC(C)C.Fc1ccc(-c2cccc3nc(-c4[c-]ccc(-c5ccccc5)c4)ccc23)cc1.[Ir].[Ir].[Ir].[c-]1ccccc1-c1ccc2cc(-c3ccccc3)ccc2n1. The molecule has 14 aromatic rings. The van der Waals surface area contributed by atoms with Gasteiger partial charge in [-0.3, -0.25) is 29.3 Å². The average Bonchev–Trinajstić information content (AvgIpc) is 0.784. The average molecular weight is 2200 g/mol. The molecule has 0 bridgehead atoms. The van der Waals surface area contributed by atoms with Crippen molar-refractivity contribution in [2.75, 3.05) is 0 Å². The number of carbonyl (C=O) groups is 3. The molecule has 14 rings (SSSR count). The number of pyridine rings is 3. The Balaban J connectivity index is 0.000000240. The molecule has 0 spiro atoms. The van der Waals surface area contributed by atoms with Gasteiger partial charge in [-0.05, 0) is 150 Å². The molecule has 0 aliphatic carbocycles. The molecule has 125 heavy (non-hydrogen) atoms. The first kappa shape index (κ1) is 103. The Bertz CT molecular complexity index is 5620. The van der Waals surface area contributed by atoms with Gasteiger partial charge in [0.2, 0.25) is 0 Å². The zero-order valence-electron chi connectivity index (χ0n) is 74.4. The van der Waals surface area contributed by atoms with Gasteiger partial charge in [-0.15, -0.1) is 107 Å². The van der Waals surface area contributed by atoms with E-state index >= 15 is 0 Å². The Kier molecular flexibility index (Phi) is 42.5. The topological polar surface area (TPSA) is 151 Å². The van der Waals surface area contributed by atoms with E-state index in [2.05, 4.69) is 215 Å². The molecule has 11 aromatic carbocycles. The zero-order chi connectivity index (χ0) is 87.8. The maximum atomic E-state index is 13.3. The largest absolute Gasteiger partial charge is 0.512 e. The molecule has 0 aliphatic rings. The van der Waals surface area contributed by atoms with Crippen LogP contribution in [0.3, 0.4) is 0 Å². The second-order valence-corrected chi connectivity index (χ2v) is 34.3. The summed E-state index contributed by atoms with van der Waals surface area (Å²) in [5.41, 5.74) is 21.8. The molecule has 0 unspecified atom stereocenters. The Morgan fingerprint density at radius 3 is 1.02 bits per heavy atom. The third-order valence-corrected chi connectivity index (χ3v) is 19.5. The van der Waals surface area contributed by atoms with Gasteiger partial charge in [-0.2, -0.15) is 0 Å². The minimum atomic E-state index is -0.233. The van der Waals surface area contributed by atoms with E-state index in [4.69, 9.17) is 15.0 Å². The van der Waals surface area contributed by atoms with Crippen molar-refractivity contribution >= 4 is 50.1 Å². The molecule has 0 amide bonds. The van der Waals surface area contributed by atoms with Gasteiger partial charge < -0.3 is 15.3 Å². The van der Waals surface area contributed by atoms with Crippen LogP contribution in [0.15, 0.2) is 327 Å². The molecule has 0 atom stereocenters. The van der Waals surface area contributed by atoms with E-state index in [1.165, 1.54) is 80.3 Å². The number of fused-ring (bicyclic) bond motifs is 3. The summed E-state index contributed by atoms with van der Waals surface area (Å²) in [7, 11) is 0. The summed E-state index contributed by atoms with van der Waals surface area (Å²) in [6.07, 6.45) is 7.39. The number of nitrogens with zero attached hydrogens (tertiary/aromatic N) is 3. The van der Waals surface area contributed by atoms with Crippen LogP contribution in [0.4, 0.5) is 4.39 Å². The summed E-state index contributed by atoms with van der Waals surface area (Å²) in [6.45, 7) is 30.7. The Morgan fingerprint density at radius 1 is 0.320 bits per heavy atom. The van der Waals surface area contributed by atoms with Crippen molar-refractivity contribution in [2.45, 2.75) is 148 Å². The van der Waals surface area contributed by atoms with Crippen LogP contribution in [-0.4, -0.2) is 47.6 Å². The van der Waals surface area contributed by atoms with E-state index in [0.29, 0.717) is 74.0 Å². The number of rotatable bonds is 23. The summed E-state index contributed by atoms with van der Waals surface area (Å²) >= 11 is 0. The van der Waals surface area contributed by atoms with Crippen molar-refractivity contribution in [1.82, 2.24) is 15.0 Å². The van der Waals surface area contributed by atoms with Gasteiger partial charge in [0.05, 0.1) is 33.8 Å². The smallest absolute Gasteiger partial charge is 0.159 e.